The third kappa shape index (κ3) is 3.47. The van der Waals surface area contributed by atoms with Crippen molar-refractivity contribution in [2.24, 2.45) is 0 Å². The Morgan fingerprint density at radius 2 is 1.73 bits per heavy atom. The minimum absolute atomic E-state index is 0.0296. The fourth-order valence-electron chi connectivity index (χ4n) is 2.18. The van der Waals surface area contributed by atoms with E-state index in [2.05, 4.69) is 0 Å². The molecule has 1 saturated heterocycles. The molecular weight excluding hydrogens is 194 g/mol. The summed E-state index contributed by atoms with van der Waals surface area (Å²) in [6, 6.07) is 0. The maximum Gasteiger partial charge on any atom is 0.248 e. The fraction of sp³-hybridized carbons (Fsp3) is 0.909. The molecule has 0 aromatic carbocycles. The van der Waals surface area contributed by atoms with Crippen molar-refractivity contribution in [3.05, 3.63) is 0 Å². The number of nitrogens with zero attached hydrogens (tertiary/aromatic N) is 1. The van der Waals surface area contributed by atoms with Crippen LogP contribution in [-0.2, 0) is 14.3 Å². The highest BCUT2D eigenvalue weighted by molar-refractivity contribution is 5.77. The predicted molar refractivity (Wildman–Crippen MR) is 57.7 cm³/mol. The molecule has 1 amide bonds. The normalized spacial score (nSPS) is 23.9. The zero-order valence-electron chi connectivity index (χ0n) is 10.3. The molecule has 0 bridgehead atoms. The molecule has 0 radical (unpaired) electrons. The van der Waals surface area contributed by atoms with Crippen LogP contribution in [0.5, 0.6) is 0 Å². The molecule has 0 aromatic heterocycles. The number of carbonyl (C=O) groups is 1. The molecule has 0 atom stereocenters. The van der Waals surface area contributed by atoms with Gasteiger partial charge in [-0.3, -0.25) is 4.79 Å². The molecule has 4 nitrogen and oxygen atoms in total. The average molecular weight is 215 g/mol. The van der Waals surface area contributed by atoms with E-state index in [0.717, 1.165) is 0 Å². The molecule has 0 N–H and O–H groups in total. The van der Waals surface area contributed by atoms with Crippen molar-refractivity contribution >= 4 is 5.91 Å². The Hall–Kier alpha value is -0.610. The topological polar surface area (TPSA) is 38.8 Å². The molecule has 4 heteroatoms. The largest absolute Gasteiger partial charge is 0.375 e. The fourth-order valence-corrected chi connectivity index (χ4v) is 2.18. The molecule has 0 aromatic rings. The third-order valence-corrected chi connectivity index (χ3v) is 2.32. The van der Waals surface area contributed by atoms with Crippen LogP contribution < -0.4 is 0 Å². The first kappa shape index (κ1) is 12.5. The average Bonchev–Trinajstić information content (AvgIpc) is 1.98. The molecule has 1 heterocycles. The van der Waals surface area contributed by atoms with E-state index in [-0.39, 0.29) is 23.7 Å². The van der Waals surface area contributed by atoms with Gasteiger partial charge in [0.05, 0.1) is 11.2 Å². The van der Waals surface area contributed by atoms with E-state index < -0.39 is 0 Å². The van der Waals surface area contributed by atoms with Gasteiger partial charge in [0.2, 0.25) is 5.91 Å². The van der Waals surface area contributed by atoms with Gasteiger partial charge in [0.15, 0.2) is 0 Å². The molecule has 1 rings (SSSR count). The number of rotatable bonds is 2. The SMILES string of the molecule is COCC(=O)N1CC(C)(C)OC(C)(C)C1. The van der Waals surface area contributed by atoms with Crippen molar-refractivity contribution < 1.29 is 14.3 Å². The van der Waals surface area contributed by atoms with Crippen molar-refractivity contribution in [3.8, 4) is 0 Å². The van der Waals surface area contributed by atoms with Gasteiger partial charge in [0.1, 0.15) is 6.61 Å². The summed E-state index contributed by atoms with van der Waals surface area (Å²) >= 11 is 0. The number of ether oxygens (including phenoxy) is 2. The molecule has 0 aliphatic carbocycles. The molecule has 88 valence electrons. The van der Waals surface area contributed by atoms with E-state index in [1.165, 1.54) is 7.11 Å². The Balaban J connectivity index is 2.71. The molecular formula is C11H21NO3. The summed E-state index contributed by atoms with van der Waals surface area (Å²) in [5.74, 6) is 0.0296. The van der Waals surface area contributed by atoms with Crippen LogP contribution in [-0.4, -0.2) is 48.8 Å². The van der Waals surface area contributed by atoms with Crippen LogP contribution in [0.3, 0.4) is 0 Å². The summed E-state index contributed by atoms with van der Waals surface area (Å²) in [6.45, 7) is 9.40. The minimum atomic E-state index is -0.287. The quantitative estimate of drug-likeness (QED) is 0.691. The first-order chi connectivity index (χ1) is 6.76. The second kappa shape index (κ2) is 4.10. The lowest BCUT2D eigenvalue weighted by Gasteiger charge is -2.47. The van der Waals surface area contributed by atoms with Crippen LogP contribution in [0.15, 0.2) is 0 Å². The molecule has 0 spiro atoms. The molecule has 0 unspecified atom stereocenters. The van der Waals surface area contributed by atoms with E-state index in [4.69, 9.17) is 9.47 Å². The highest BCUT2D eigenvalue weighted by atomic mass is 16.5. The summed E-state index contributed by atoms with van der Waals surface area (Å²) in [5.41, 5.74) is -0.573. The van der Waals surface area contributed by atoms with E-state index >= 15 is 0 Å². The number of methoxy groups -OCH3 is 1. The van der Waals surface area contributed by atoms with Crippen molar-refractivity contribution in [3.63, 3.8) is 0 Å². The molecule has 1 aliphatic rings. The van der Waals surface area contributed by atoms with Gasteiger partial charge < -0.3 is 14.4 Å². The second-order valence-corrected chi connectivity index (χ2v) is 5.30. The summed E-state index contributed by atoms with van der Waals surface area (Å²) in [6.07, 6.45) is 0. The van der Waals surface area contributed by atoms with Crippen LogP contribution in [0, 0.1) is 0 Å². The number of amides is 1. The van der Waals surface area contributed by atoms with Crippen LogP contribution >= 0.6 is 0 Å². The van der Waals surface area contributed by atoms with Crippen molar-refractivity contribution in [2.45, 2.75) is 38.9 Å². The standard InChI is InChI=1S/C11H21NO3/c1-10(2)7-12(9(13)6-14-5)8-11(3,4)15-10/h6-8H2,1-5H3. The Morgan fingerprint density at radius 3 is 2.13 bits per heavy atom. The zero-order valence-corrected chi connectivity index (χ0v) is 10.3. The van der Waals surface area contributed by atoms with Gasteiger partial charge in [-0.25, -0.2) is 0 Å². The second-order valence-electron chi connectivity index (χ2n) is 5.30. The highest BCUT2D eigenvalue weighted by Crippen LogP contribution is 2.27. The lowest BCUT2D eigenvalue weighted by Crippen LogP contribution is -2.59. The zero-order chi connectivity index (χ0) is 11.7. The number of hydrogen-bond donors (Lipinski definition) is 0. The lowest BCUT2D eigenvalue weighted by atomic mass is 9.99. The minimum Gasteiger partial charge on any atom is -0.375 e. The lowest BCUT2D eigenvalue weighted by molar-refractivity contribution is -0.189. The van der Waals surface area contributed by atoms with Gasteiger partial charge in [0, 0.05) is 20.2 Å². The predicted octanol–water partition coefficient (Wildman–Crippen LogP) is 1.05. The monoisotopic (exact) mass is 215 g/mol. The smallest absolute Gasteiger partial charge is 0.248 e. The molecule has 1 fully saturated rings. The summed E-state index contributed by atoms with van der Waals surface area (Å²) in [5, 5.41) is 0. The highest BCUT2D eigenvalue weighted by Gasteiger charge is 2.39. The van der Waals surface area contributed by atoms with Crippen molar-refractivity contribution in [1.29, 1.82) is 0 Å². The van der Waals surface area contributed by atoms with Gasteiger partial charge in [-0.15, -0.1) is 0 Å². The Labute approximate surface area is 91.5 Å². The van der Waals surface area contributed by atoms with Crippen LogP contribution in [0.2, 0.25) is 0 Å². The Kier molecular flexibility index (Phi) is 3.41. The van der Waals surface area contributed by atoms with E-state index in [1.54, 1.807) is 0 Å². The summed E-state index contributed by atoms with van der Waals surface area (Å²) < 4.78 is 10.7. The number of carbonyl (C=O) groups excluding carboxylic acids is 1. The first-order valence-corrected chi connectivity index (χ1v) is 5.23. The Morgan fingerprint density at radius 1 is 1.27 bits per heavy atom. The van der Waals surface area contributed by atoms with Crippen LogP contribution in [0.1, 0.15) is 27.7 Å². The molecule has 0 saturated carbocycles. The van der Waals surface area contributed by atoms with E-state index in [9.17, 15) is 4.79 Å². The number of morpholine rings is 1. The van der Waals surface area contributed by atoms with Gasteiger partial charge in [-0.1, -0.05) is 0 Å². The Bertz CT molecular complexity index is 232. The van der Waals surface area contributed by atoms with Crippen LogP contribution in [0.25, 0.3) is 0 Å². The van der Waals surface area contributed by atoms with Gasteiger partial charge in [-0.05, 0) is 27.7 Å². The maximum atomic E-state index is 11.7. The van der Waals surface area contributed by atoms with Gasteiger partial charge in [-0.2, -0.15) is 0 Å². The van der Waals surface area contributed by atoms with Crippen molar-refractivity contribution in [1.82, 2.24) is 4.90 Å². The summed E-state index contributed by atoms with van der Waals surface area (Å²) in [7, 11) is 1.54. The maximum absolute atomic E-state index is 11.7. The van der Waals surface area contributed by atoms with E-state index in [0.29, 0.717) is 13.1 Å². The third-order valence-electron chi connectivity index (χ3n) is 2.32. The molecule has 1 aliphatic heterocycles. The van der Waals surface area contributed by atoms with Crippen molar-refractivity contribution in [2.75, 3.05) is 26.8 Å². The first-order valence-electron chi connectivity index (χ1n) is 5.23. The van der Waals surface area contributed by atoms with Gasteiger partial charge >= 0.3 is 0 Å². The summed E-state index contributed by atoms with van der Waals surface area (Å²) in [4.78, 5) is 13.5. The molecule has 15 heavy (non-hydrogen) atoms. The van der Waals surface area contributed by atoms with Gasteiger partial charge in [0.25, 0.3) is 0 Å². The number of hydrogen-bond acceptors (Lipinski definition) is 3. The van der Waals surface area contributed by atoms with E-state index in [1.807, 2.05) is 32.6 Å². The van der Waals surface area contributed by atoms with Crippen LogP contribution in [0.4, 0.5) is 0 Å².